The fraction of sp³-hybridized carbons (Fsp3) is 0.214. The number of likely N-dealkylation sites (tertiary alicyclic amines) is 1. The zero-order chi connectivity index (χ0) is 16.6. The maximum atomic E-state index is 12.3. The molecule has 0 saturated carbocycles. The number of ether oxygens (including phenoxy) is 1. The van der Waals surface area contributed by atoms with Crippen molar-refractivity contribution in [1.29, 1.82) is 0 Å². The molecule has 1 atom stereocenters. The van der Waals surface area contributed by atoms with Gasteiger partial charge in [0.1, 0.15) is 0 Å². The average molecular weight is 317 g/mol. The number of nitrogens with zero attached hydrogens (tertiary/aromatic N) is 2. The van der Waals surface area contributed by atoms with Gasteiger partial charge in [-0.25, -0.2) is 0 Å². The molecule has 118 valence electrons. The summed E-state index contributed by atoms with van der Waals surface area (Å²) in [4.78, 5) is 59.8. The van der Waals surface area contributed by atoms with Crippen LogP contribution in [0.3, 0.4) is 0 Å². The number of imide groups is 2. The van der Waals surface area contributed by atoms with Crippen LogP contribution in [-0.2, 0) is 28.7 Å². The van der Waals surface area contributed by atoms with Crippen LogP contribution < -0.4 is 5.43 Å². The number of carbonyl (C=O) groups excluding carboxylic acids is 5. The van der Waals surface area contributed by atoms with Crippen LogP contribution in [0.1, 0.15) is 12.8 Å². The van der Waals surface area contributed by atoms with Crippen LogP contribution in [0.25, 0.3) is 0 Å². The molecule has 0 aromatic carbocycles. The first-order valence-corrected chi connectivity index (χ1v) is 6.73. The monoisotopic (exact) mass is 317 g/mol. The van der Waals surface area contributed by atoms with Crippen LogP contribution in [0.15, 0.2) is 36.3 Å². The van der Waals surface area contributed by atoms with Gasteiger partial charge in [0.15, 0.2) is 0 Å². The first-order valence-electron chi connectivity index (χ1n) is 6.73. The van der Waals surface area contributed by atoms with Gasteiger partial charge in [-0.05, 0) is 12.2 Å². The normalized spacial score (nSPS) is 23.5. The molecule has 3 aliphatic rings. The van der Waals surface area contributed by atoms with E-state index in [2.05, 4.69) is 5.43 Å². The number of carbonyl (C=O) groups is 5. The van der Waals surface area contributed by atoms with Crippen molar-refractivity contribution in [2.45, 2.75) is 18.9 Å². The van der Waals surface area contributed by atoms with Gasteiger partial charge in [-0.2, -0.15) is 5.01 Å². The predicted molar refractivity (Wildman–Crippen MR) is 72.3 cm³/mol. The van der Waals surface area contributed by atoms with Gasteiger partial charge in [-0.15, -0.1) is 0 Å². The number of hydrogen-bond donors (Lipinski definition) is 1. The summed E-state index contributed by atoms with van der Waals surface area (Å²) >= 11 is 0. The second-order valence-corrected chi connectivity index (χ2v) is 4.88. The molecule has 0 radical (unpaired) electrons. The first-order chi connectivity index (χ1) is 11.0. The maximum absolute atomic E-state index is 12.3. The van der Waals surface area contributed by atoms with E-state index in [1.807, 2.05) is 0 Å². The van der Waals surface area contributed by atoms with Gasteiger partial charge >= 0.3 is 0 Å². The predicted octanol–water partition coefficient (Wildman–Crippen LogP) is -1.11. The summed E-state index contributed by atoms with van der Waals surface area (Å²) in [5.74, 6) is -3.12. The lowest BCUT2D eigenvalue weighted by molar-refractivity contribution is -0.150. The molecule has 9 nitrogen and oxygen atoms in total. The highest BCUT2D eigenvalue weighted by atomic mass is 16.5. The Labute approximate surface area is 129 Å². The van der Waals surface area contributed by atoms with E-state index in [1.54, 1.807) is 0 Å². The Hall–Kier alpha value is -3.23. The summed E-state index contributed by atoms with van der Waals surface area (Å²) < 4.78 is 5.17. The molecule has 1 fully saturated rings. The zero-order valence-electron chi connectivity index (χ0n) is 11.7. The summed E-state index contributed by atoms with van der Waals surface area (Å²) in [6, 6.07) is 0. The number of allylic oxidation sites excluding steroid dienone is 2. The van der Waals surface area contributed by atoms with Crippen LogP contribution in [0.4, 0.5) is 0 Å². The Morgan fingerprint density at radius 2 is 1.70 bits per heavy atom. The lowest BCUT2D eigenvalue weighted by atomic mass is 10.1. The molecule has 23 heavy (non-hydrogen) atoms. The second-order valence-electron chi connectivity index (χ2n) is 4.88. The summed E-state index contributed by atoms with van der Waals surface area (Å²) in [5, 5.41) is 0.523. The Morgan fingerprint density at radius 3 is 2.30 bits per heavy atom. The molecule has 0 spiro atoms. The standard InChI is InChI=1S/C14H11N3O6/c18-9-3-4-10(19)16(9)8-2-1-7-23-13(8)14(22)15-17-11(20)5-6-12(17)21/h1-2,5-7,13H,3-4H2,(H,15,22). The smallest absolute Gasteiger partial charge is 0.286 e. The van der Waals surface area contributed by atoms with Crippen LogP contribution in [0.5, 0.6) is 0 Å². The third-order valence-electron chi connectivity index (χ3n) is 3.41. The van der Waals surface area contributed by atoms with E-state index in [-0.39, 0.29) is 18.5 Å². The quantitative estimate of drug-likeness (QED) is 0.660. The van der Waals surface area contributed by atoms with Crippen molar-refractivity contribution in [2.75, 3.05) is 0 Å². The van der Waals surface area contributed by atoms with Crippen LogP contribution in [-0.4, -0.2) is 45.5 Å². The third-order valence-corrected chi connectivity index (χ3v) is 3.41. The van der Waals surface area contributed by atoms with Crippen molar-refractivity contribution in [1.82, 2.24) is 15.3 Å². The van der Waals surface area contributed by atoms with Gasteiger partial charge in [0.05, 0.1) is 12.0 Å². The lowest BCUT2D eigenvalue weighted by Gasteiger charge is -2.27. The van der Waals surface area contributed by atoms with E-state index in [0.717, 1.165) is 17.1 Å². The molecule has 1 N–H and O–H groups in total. The molecular weight excluding hydrogens is 306 g/mol. The molecule has 0 aliphatic carbocycles. The molecule has 9 heteroatoms. The van der Waals surface area contributed by atoms with Crippen LogP contribution in [0, 0.1) is 0 Å². The van der Waals surface area contributed by atoms with Crippen molar-refractivity contribution >= 4 is 29.5 Å². The topological polar surface area (TPSA) is 113 Å². The molecule has 0 aromatic rings. The highest BCUT2D eigenvalue weighted by Crippen LogP contribution is 2.24. The second kappa shape index (κ2) is 5.52. The molecule has 5 amide bonds. The van der Waals surface area contributed by atoms with Crippen molar-refractivity contribution in [2.24, 2.45) is 0 Å². The summed E-state index contributed by atoms with van der Waals surface area (Å²) in [5.41, 5.74) is 2.16. The van der Waals surface area contributed by atoms with E-state index >= 15 is 0 Å². The minimum absolute atomic E-state index is 0.0459. The van der Waals surface area contributed by atoms with Gasteiger partial charge in [0.2, 0.25) is 17.9 Å². The molecule has 3 rings (SSSR count). The maximum Gasteiger partial charge on any atom is 0.286 e. The number of amides is 5. The molecule has 0 bridgehead atoms. The van der Waals surface area contributed by atoms with Crippen molar-refractivity contribution < 1.29 is 28.7 Å². The van der Waals surface area contributed by atoms with Gasteiger partial charge in [-0.1, -0.05) is 0 Å². The Kier molecular flexibility index (Phi) is 3.53. The minimum atomic E-state index is -1.33. The van der Waals surface area contributed by atoms with E-state index in [0.29, 0.717) is 5.01 Å². The number of rotatable bonds is 3. The van der Waals surface area contributed by atoms with Gasteiger partial charge in [-0.3, -0.25) is 34.3 Å². The van der Waals surface area contributed by atoms with Gasteiger partial charge in [0.25, 0.3) is 17.7 Å². The minimum Gasteiger partial charge on any atom is -0.482 e. The SMILES string of the molecule is O=C(NN1C(=O)C=CC1=O)C1OC=CC=C1N1C(=O)CCC1=O. The van der Waals surface area contributed by atoms with E-state index in [9.17, 15) is 24.0 Å². The lowest BCUT2D eigenvalue weighted by Crippen LogP contribution is -2.52. The molecular formula is C14H11N3O6. The first kappa shape index (κ1) is 14.7. The van der Waals surface area contributed by atoms with Gasteiger partial charge in [0, 0.05) is 25.0 Å². The van der Waals surface area contributed by atoms with Crippen LogP contribution >= 0.6 is 0 Å². The number of hydrazine groups is 1. The highest BCUT2D eigenvalue weighted by molar-refractivity contribution is 6.13. The molecule has 3 heterocycles. The number of hydrogen-bond acceptors (Lipinski definition) is 6. The molecule has 3 aliphatic heterocycles. The Balaban J connectivity index is 1.79. The highest BCUT2D eigenvalue weighted by Gasteiger charge is 2.40. The summed E-state index contributed by atoms with van der Waals surface area (Å²) in [7, 11) is 0. The summed E-state index contributed by atoms with van der Waals surface area (Å²) in [6.07, 6.45) is 4.86. The van der Waals surface area contributed by atoms with E-state index in [4.69, 9.17) is 4.74 Å². The number of nitrogens with one attached hydrogen (secondary N) is 1. The van der Waals surface area contributed by atoms with Crippen molar-refractivity contribution in [3.8, 4) is 0 Å². The fourth-order valence-corrected chi connectivity index (χ4v) is 2.35. The Morgan fingerprint density at radius 1 is 1.09 bits per heavy atom. The average Bonchev–Trinajstić information content (AvgIpc) is 3.03. The van der Waals surface area contributed by atoms with Gasteiger partial charge < -0.3 is 4.74 Å². The molecule has 0 aromatic heterocycles. The molecule has 1 unspecified atom stereocenters. The molecule has 1 saturated heterocycles. The zero-order valence-corrected chi connectivity index (χ0v) is 11.7. The Bertz CT molecular complexity index is 686. The van der Waals surface area contributed by atoms with E-state index in [1.165, 1.54) is 18.4 Å². The largest absolute Gasteiger partial charge is 0.482 e. The third kappa shape index (κ3) is 2.52. The van der Waals surface area contributed by atoms with Crippen molar-refractivity contribution in [3.63, 3.8) is 0 Å². The van der Waals surface area contributed by atoms with E-state index < -0.39 is 35.6 Å². The summed E-state index contributed by atoms with van der Waals surface area (Å²) in [6.45, 7) is 0. The fourth-order valence-electron chi connectivity index (χ4n) is 2.35. The van der Waals surface area contributed by atoms with Crippen LogP contribution in [0.2, 0.25) is 0 Å². The van der Waals surface area contributed by atoms with Crippen molar-refractivity contribution in [3.05, 3.63) is 36.3 Å².